The Morgan fingerprint density at radius 2 is 1.86 bits per heavy atom. The first-order valence-corrected chi connectivity index (χ1v) is 10.0. The number of thiophene rings is 1. The largest absolute Gasteiger partial charge is 0.497 e. The van der Waals surface area contributed by atoms with Gasteiger partial charge in [-0.1, -0.05) is 48.0 Å². The molecule has 0 aliphatic carbocycles. The average Bonchev–Trinajstić information content (AvgIpc) is 3.43. The molecule has 0 saturated carbocycles. The second-order valence-corrected chi connectivity index (χ2v) is 7.47. The molecule has 0 spiro atoms. The SMILES string of the molecule is COc1ccc(CNc2nc(-c3ccc(C)cc3)nn2C(=O)c2cccs2)cc1. The number of methoxy groups -OCH3 is 1. The molecule has 0 aliphatic rings. The van der Waals surface area contributed by atoms with Crippen molar-refractivity contribution < 1.29 is 9.53 Å². The monoisotopic (exact) mass is 404 g/mol. The molecule has 2 aromatic carbocycles. The summed E-state index contributed by atoms with van der Waals surface area (Å²) in [5.74, 6) is 1.51. The molecule has 4 aromatic rings. The third kappa shape index (κ3) is 4.20. The fourth-order valence-electron chi connectivity index (χ4n) is 2.82. The molecule has 7 heteroatoms. The van der Waals surface area contributed by atoms with Crippen LogP contribution in [-0.2, 0) is 6.54 Å². The van der Waals surface area contributed by atoms with E-state index < -0.39 is 0 Å². The second-order valence-electron chi connectivity index (χ2n) is 6.52. The van der Waals surface area contributed by atoms with Crippen LogP contribution in [0, 0.1) is 6.92 Å². The highest BCUT2D eigenvalue weighted by Crippen LogP contribution is 2.21. The van der Waals surface area contributed by atoms with Crippen LogP contribution in [0.15, 0.2) is 66.0 Å². The van der Waals surface area contributed by atoms with Crippen molar-refractivity contribution in [3.05, 3.63) is 82.0 Å². The summed E-state index contributed by atoms with van der Waals surface area (Å²) in [7, 11) is 1.64. The van der Waals surface area contributed by atoms with E-state index in [1.807, 2.05) is 66.9 Å². The molecule has 29 heavy (non-hydrogen) atoms. The van der Waals surface area contributed by atoms with E-state index in [0.29, 0.717) is 23.2 Å². The van der Waals surface area contributed by atoms with Crippen LogP contribution in [0.4, 0.5) is 5.95 Å². The van der Waals surface area contributed by atoms with Crippen LogP contribution in [0.2, 0.25) is 0 Å². The van der Waals surface area contributed by atoms with Crippen LogP contribution in [-0.4, -0.2) is 27.8 Å². The van der Waals surface area contributed by atoms with Gasteiger partial charge in [-0.15, -0.1) is 16.4 Å². The van der Waals surface area contributed by atoms with Crippen molar-refractivity contribution in [2.45, 2.75) is 13.5 Å². The quantitative estimate of drug-likeness (QED) is 0.508. The molecule has 146 valence electrons. The number of anilines is 1. The first-order chi connectivity index (χ1) is 14.1. The van der Waals surface area contributed by atoms with Crippen molar-refractivity contribution in [3.63, 3.8) is 0 Å². The minimum absolute atomic E-state index is 0.205. The summed E-state index contributed by atoms with van der Waals surface area (Å²) < 4.78 is 6.53. The predicted octanol–water partition coefficient (Wildman–Crippen LogP) is 4.62. The highest BCUT2D eigenvalue weighted by molar-refractivity contribution is 7.12. The molecule has 0 saturated heterocycles. The van der Waals surface area contributed by atoms with Crippen molar-refractivity contribution in [1.82, 2.24) is 14.8 Å². The molecule has 0 bridgehead atoms. The number of aryl methyl sites for hydroxylation is 1. The van der Waals surface area contributed by atoms with Crippen molar-refractivity contribution in [1.29, 1.82) is 0 Å². The molecule has 6 nitrogen and oxygen atoms in total. The molecular formula is C22H20N4O2S. The zero-order valence-electron chi connectivity index (χ0n) is 16.1. The van der Waals surface area contributed by atoms with Gasteiger partial charge in [0.05, 0.1) is 12.0 Å². The van der Waals surface area contributed by atoms with E-state index in [1.54, 1.807) is 13.2 Å². The number of nitrogens with zero attached hydrogens (tertiary/aromatic N) is 3. The van der Waals surface area contributed by atoms with E-state index in [1.165, 1.54) is 16.0 Å². The van der Waals surface area contributed by atoms with E-state index >= 15 is 0 Å². The first kappa shape index (κ1) is 18.9. The second kappa shape index (κ2) is 8.28. The molecular weight excluding hydrogens is 384 g/mol. The lowest BCUT2D eigenvalue weighted by Crippen LogP contribution is -2.16. The van der Waals surface area contributed by atoms with Gasteiger partial charge in [-0.3, -0.25) is 4.79 Å². The molecule has 0 radical (unpaired) electrons. The normalized spacial score (nSPS) is 10.7. The zero-order valence-corrected chi connectivity index (χ0v) is 16.9. The van der Waals surface area contributed by atoms with Crippen LogP contribution in [0.3, 0.4) is 0 Å². The summed E-state index contributed by atoms with van der Waals surface area (Å²) in [4.78, 5) is 18.1. The van der Waals surface area contributed by atoms with E-state index in [2.05, 4.69) is 15.4 Å². The van der Waals surface area contributed by atoms with Gasteiger partial charge >= 0.3 is 0 Å². The van der Waals surface area contributed by atoms with Crippen LogP contribution in [0.5, 0.6) is 5.75 Å². The summed E-state index contributed by atoms with van der Waals surface area (Å²) in [6.45, 7) is 2.53. The summed E-state index contributed by atoms with van der Waals surface area (Å²) in [5, 5.41) is 9.60. The number of aromatic nitrogens is 3. The number of carbonyl (C=O) groups is 1. The van der Waals surface area contributed by atoms with Gasteiger partial charge in [-0.05, 0) is 36.1 Å². The summed E-state index contributed by atoms with van der Waals surface area (Å²) in [6.07, 6.45) is 0. The van der Waals surface area contributed by atoms with Crippen LogP contribution in [0.1, 0.15) is 20.8 Å². The van der Waals surface area contributed by atoms with Gasteiger partial charge in [0, 0.05) is 12.1 Å². The fourth-order valence-corrected chi connectivity index (χ4v) is 3.47. The van der Waals surface area contributed by atoms with Crippen molar-refractivity contribution in [3.8, 4) is 17.1 Å². The van der Waals surface area contributed by atoms with Gasteiger partial charge in [0.25, 0.3) is 5.91 Å². The van der Waals surface area contributed by atoms with Crippen LogP contribution < -0.4 is 10.1 Å². The maximum absolute atomic E-state index is 12.9. The van der Waals surface area contributed by atoms with Crippen molar-refractivity contribution in [2.24, 2.45) is 0 Å². The number of carbonyl (C=O) groups excluding carboxylic acids is 1. The Morgan fingerprint density at radius 3 is 2.52 bits per heavy atom. The lowest BCUT2D eigenvalue weighted by Gasteiger charge is -2.07. The molecule has 0 amide bonds. The fraction of sp³-hybridized carbons (Fsp3) is 0.136. The molecule has 0 fully saturated rings. The van der Waals surface area contributed by atoms with Crippen LogP contribution in [0.25, 0.3) is 11.4 Å². The predicted molar refractivity (Wildman–Crippen MR) is 115 cm³/mol. The van der Waals surface area contributed by atoms with Gasteiger partial charge in [-0.25, -0.2) is 0 Å². The molecule has 4 rings (SSSR count). The van der Waals surface area contributed by atoms with Gasteiger partial charge in [-0.2, -0.15) is 9.67 Å². The Labute approximate surface area is 172 Å². The molecule has 0 atom stereocenters. The molecule has 0 aliphatic heterocycles. The summed E-state index contributed by atoms with van der Waals surface area (Å²) >= 11 is 1.38. The average molecular weight is 404 g/mol. The van der Waals surface area contributed by atoms with Crippen molar-refractivity contribution in [2.75, 3.05) is 12.4 Å². The number of hydrogen-bond donors (Lipinski definition) is 1. The van der Waals surface area contributed by atoms with Gasteiger partial charge in [0.15, 0.2) is 5.82 Å². The Hall–Kier alpha value is -3.45. The number of nitrogens with one attached hydrogen (secondary N) is 1. The third-order valence-corrected chi connectivity index (χ3v) is 5.31. The minimum atomic E-state index is -0.205. The van der Waals surface area contributed by atoms with Gasteiger partial charge in [0.1, 0.15) is 5.75 Å². The summed E-state index contributed by atoms with van der Waals surface area (Å²) in [5.41, 5.74) is 3.06. The Bertz CT molecular complexity index is 1100. The smallest absolute Gasteiger partial charge is 0.291 e. The highest BCUT2D eigenvalue weighted by atomic mass is 32.1. The van der Waals surface area contributed by atoms with E-state index in [-0.39, 0.29) is 5.91 Å². The lowest BCUT2D eigenvalue weighted by atomic mass is 10.1. The Balaban J connectivity index is 1.64. The number of rotatable bonds is 6. The third-order valence-electron chi connectivity index (χ3n) is 4.45. The number of ether oxygens (including phenoxy) is 1. The van der Waals surface area contributed by atoms with E-state index in [9.17, 15) is 4.79 Å². The van der Waals surface area contributed by atoms with E-state index in [0.717, 1.165) is 22.4 Å². The highest BCUT2D eigenvalue weighted by Gasteiger charge is 2.19. The van der Waals surface area contributed by atoms with Gasteiger partial charge in [0.2, 0.25) is 5.95 Å². The maximum atomic E-state index is 12.9. The van der Waals surface area contributed by atoms with E-state index in [4.69, 9.17) is 4.74 Å². The topological polar surface area (TPSA) is 69.0 Å². The lowest BCUT2D eigenvalue weighted by molar-refractivity contribution is 0.0951. The number of hydrogen-bond acceptors (Lipinski definition) is 6. The maximum Gasteiger partial charge on any atom is 0.291 e. The first-order valence-electron chi connectivity index (χ1n) is 9.13. The zero-order chi connectivity index (χ0) is 20.2. The standard InChI is InChI=1S/C22H20N4O2S/c1-15-5-9-17(10-6-15)20-24-22(23-14-16-7-11-18(28-2)12-8-16)26(25-20)21(27)19-4-3-13-29-19/h3-13H,14H2,1-2H3,(H,23,24,25). The number of benzene rings is 2. The Kier molecular flexibility index (Phi) is 5.39. The van der Waals surface area contributed by atoms with Crippen molar-refractivity contribution >= 4 is 23.2 Å². The molecule has 2 aromatic heterocycles. The summed E-state index contributed by atoms with van der Waals surface area (Å²) in [6, 6.07) is 19.3. The van der Waals surface area contributed by atoms with Gasteiger partial charge < -0.3 is 10.1 Å². The molecule has 0 unspecified atom stereocenters. The minimum Gasteiger partial charge on any atom is -0.497 e. The molecule has 1 N–H and O–H groups in total. The Morgan fingerprint density at radius 1 is 1.10 bits per heavy atom. The van der Waals surface area contributed by atoms with Crippen LogP contribution >= 0.6 is 11.3 Å². The molecule has 2 heterocycles.